The van der Waals surface area contributed by atoms with Crippen LogP contribution in [-0.2, 0) is 9.59 Å². The van der Waals surface area contributed by atoms with Gasteiger partial charge in [-0.1, -0.05) is 24.0 Å². The van der Waals surface area contributed by atoms with Crippen molar-refractivity contribution in [2.45, 2.75) is 37.3 Å². The third kappa shape index (κ3) is 4.01. The predicted octanol–water partition coefficient (Wildman–Crippen LogP) is 2.52. The zero-order chi connectivity index (χ0) is 22.2. The number of hydrogen-bond donors (Lipinski definition) is 1. The molecule has 2 aromatic rings. The summed E-state index contributed by atoms with van der Waals surface area (Å²) in [7, 11) is 0. The molecule has 164 valence electrons. The van der Waals surface area contributed by atoms with Crippen LogP contribution in [0.3, 0.4) is 0 Å². The summed E-state index contributed by atoms with van der Waals surface area (Å²) in [4.78, 5) is 28.7. The molecule has 0 unspecified atom stereocenters. The van der Waals surface area contributed by atoms with Crippen LogP contribution in [0.5, 0.6) is 0 Å². The number of carbonyl (C=O) groups is 2. The summed E-state index contributed by atoms with van der Waals surface area (Å²) in [6.07, 6.45) is 2.75. The number of aliphatic hydroxyl groups is 1. The second kappa shape index (κ2) is 8.40. The van der Waals surface area contributed by atoms with Gasteiger partial charge in [-0.05, 0) is 60.7 Å². The van der Waals surface area contributed by atoms with Gasteiger partial charge in [-0.3, -0.25) is 9.59 Å². The number of carbonyl (C=O) groups excluding carboxylic acids is 2. The van der Waals surface area contributed by atoms with E-state index in [1.54, 1.807) is 21.9 Å². The number of rotatable bonds is 4. The number of aliphatic hydroxyl groups excluding tert-OH is 1. The Morgan fingerprint density at radius 2 is 1.66 bits per heavy atom. The number of piperazine rings is 1. The monoisotopic (exact) mass is 432 g/mol. The van der Waals surface area contributed by atoms with Gasteiger partial charge in [0.15, 0.2) is 0 Å². The van der Waals surface area contributed by atoms with Crippen molar-refractivity contribution >= 4 is 11.8 Å². The van der Waals surface area contributed by atoms with Gasteiger partial charge < -0.3 is 14.9 Å². The molecule has 2 aromatic carbocycles. The van der Waals surface area contributed by atoms with E-state index in [-0.39, 0.29) is 48.8 Å². The normalized spacial score (nSPS) is 24.3. The fourth-order valence-electron chi connectivity index (χ4n) is 4.85. The van der Waals surface area contributed by atoms with Gasteiger partial charge in [0.05, 0.1) is 25.2 Å². The third-order valence-electron chi connectivity index (χ3n) is 6.76. The largest absolute Gasteiger partial charge is 0.394 e. The molecule has 6 heteroatoms. The molecule has 3 aliphatic rings. The summed E-state index contributed by atoms with van der Waals surface area (Å²) in [5, 5.41) is 9.94. The first-order valence-electron chi connectivity index (χ1n) is 11.1. The van der Waals surface area contributed by atoms with Crippen LogP contribution in [0.15, 0.2) is 48.5 Å². The van der Waals surface area contributed by atoms with Gasteiger partial charge in [0, 0.05) is 30.0 Å². The lowest BCUT2D eigenvalue weighted by atomic mass is 9.73. The van der Waals surface area contributed by atoms with E-state index in [0.717, 1.165) is 29.5 Å². The molecule has 1 saturated carbocycles. The van der Waals surface area contributed by atoms with Crippen molar-refractivity contribution in [1.82, 2.24) is 9.80 Å². The van der Waals surface area contributed by atoms with Gasteiger partial charge >= 0.3 is 0 Å². The first-order chi connectivity index (χ1) is 15.5. The SMILES string of the molecule is O=C(CC1CC1)N1CC(=O)N2[C@H](CO)[C@H](c3ccc(C#Cc4ccc(F)cc4)cc3)[C@H]2C1. The summed E-state index contributed by atoms with van der Waals surface area (Å²) in [5.74, 6) is 6.27. The van der Waals surface area contributed by atoms with Gasteiger partial charge in [-0.2, -0.15) is 0 Å². The Morgan fingerprint density at radius 3 is 2.25 bits per heavy atom. The molecular weight excluding hydrogens is 407 g/mol. The number of amides is 2. The minimum atomic E-state index is -0.290. The lowest BCUT2D eigenvalue weighted by Gasteiger charge is -2.58. The molecule has 0 spiro atoms. The molecule has 2 amide bonds. The van der Waals surface area contributed by atoms with Crippen molar-refractivity contribution in [1.29, 1.82) is 0 Å². The Kier molecular flexibility index (Phi) is 5.44. The van der Waals surface area contributed by atoms with Crippen molar-refractivity contribution in [3.8, 4) is 11.8 Å². The molecular formula is C26H25FN2O3. The molecule has 2 heterocycles. The van der Waals surface area contributed by atoms with Crippen LogP contribution < -0.4 is 0 Å². The van der Waals surface area contributed by atoms with E-state index in [2.05, 4.69) is 11.8 Å². The molecule has 2 saturated heterocycles. The van der Waals surface area contributed by atoms with Crippen LogP contribution in [-0.4, -0.2) is 58.5 Å². The molecule has 1 aliphatic carbocycles. The van der Waals surface area contributed by atoms with E-state index in [1.807, 2.05) is 24.3 Å². The van der Waals surface area contributed by atoms with E-state index >= 15 is 0 Å². The molecule has 0 radical (unpaired) electrons. The van der Waals surface area contributed by atoms with Crippen LogP contribution in [0.2, 0.25) is 0 Å². The topological polar surface area (TPSA) is 60.9 Å². The van der Waals surface area contributed by atoms with Gasteiger partial charge in [0.2, 0.25) is 11.8 Å². The van der Waals surface area contributed by atoms with Gasteiger partial charge in [-0.25, -0.2) is 4.39 Å². The maximum absolute atomic E-state index is 13.0. The standard InChI is InChI=1S/C26H25FN2O3/c27-21-11-7-18(8-12-21)2-1-17-5-9-20(10-6-17)26-22-14-28(24(31)13-19-3-4-19)15-25(32)29(22)23(26)16-30/h5-12,19,22-23,26,30H,3-4,13-16H2/t22-,23-,26-/m1/s1. The molecule has 5 nitrogen and oxygen atoms in total. The van der Waals surface area contributed by atoms with E-state index in [1.165, 1.54) is 12.1 Å². The van der Waals surface area contributed by atoms with Crippen molar-refractivity contribution in [3.63, 3.8) is 0 Å². The summed E-state index contributed by atoms with van der Waals surface area (Å²) < 4.78 is 13.0. The van der Waals surface area contributed by atoms with Crippen LogP contribution in [0, 0.1) is 23.6 Å². The number of nitrogens with zero attached hydrogens (tertiary/aromatic N) is 2. The van der Waals surface area contributed by atoms with Crippen molar-refractivity contribution in [3.05, 3.63) is 71.0 Å². The van der Waals surface area contributed by atoms with E-state index in [0.29, 0.717) is 18.9 Å². The molecule has 0 bridgehead atoms. The minimum absolute atomic E-state index is 0.0143. The second-order valence-electron chi connectivity index (χ2n) is 8.94. The van der Waals surface area contributed by atoms with Gasteiger partial charge in [-0.15, -0.1) is 0 Å². The highest BCUT2D eigenvalue weighted by atomic mass is 19.1. The summed E-state index contributed by atoms with van der Waals surface area (Å²) in [6, 6.07) is 13.5. The smallest absolute Gasteiger partial charge is 0.242 e. The Morgan fingerprint density at radius 1 is 1.03 bits per heavy atom. The maximum atomic E-state index is 13.0. The Balaban J connectivity index is 1.31. The lowest BCUT2D eigenvalue weighted by molar-refractivity contribution is -0.167. The van der Waals surface area contributed by atoms with E-state index in [9.17, 15) is 19.1 Å². The average molecular weight is 432 g/mol. The van der Waals surface area contributed by atoms with Crippen LogP contribution in [0.25, 0.3) is 0 Å². The minimum Gasteiger partial charge on any atom is -0.394 e. The van der Waals surface area contributed by atoms with Crippen molar-refractivity contribution in [2.75, 3.05) is 19.7 Å². The molecule has 0 aromatic heterocycles. The zero-order valence-electron chi connectivity index (χ0n) is 17.7. The van der Waals surface area contributed by atoms with Crippen molar-refractivity contribution in [2.24, 2.45) is 5.92 Å². The molecule has 32 heavy (non-hydrogen) atoms. The Bertz CT molecular complexity index is 1080. The molecule has 5 rings (SSSR count). The summed E-state index contributed by atoms with van der Waals surface area (Å²) in [5.41, 5.74) is 2.60. The Hall–Kier alpha value is -3.17. The highest BCUT2D eigenvalue weighted by molar-refractivity contribution is 5.88. The number of hydrogen-bond acceptors (Lipinski definition) is 3. The quantitative estimate of drug-likeness (QED) is 0.756. The van der Waals surface area contributed by atoms with Gasteiger partial charge in [0.1, 0.15) is 5.82 Å². The molecule has 3 atom stereocenters. The first-order valence-corrected chi connectivity index (χ1v) is 11.1. The van der Waals surface area contributed by atoms with Crippen LogP contribution in [0.1, 0.15) is 41.9 Å². The van der Waals surface area contributed by atoms with Crippen molar-refractivity contribution < 1.29 is 19.1 Å². The van der Waals surface area contributed by atoms with Gasteiger partial charge in [0.25, 0.3) is 0 Å². The third-order valence-corrected chi connectivity index (χ3v) is 6.76. The fourth-order valence-corrected chi connectivity index (χ4v) is 4.85. The molecule has 2 aliphatic heterocycles. The first kappa shape index (κ1) is 20.7. The fraction of sp³-hybridized carbons (Fsp3) is 0.385. The van der Waals surface area contributed by atoms with Crippen LogP contribution in [0.4, 0.5) is 4.39 Å². The lowest BCUT2D eigenvalue weighted by Crippen LogP contribution is -2.73. The highest BCUT2D eigenvalue weighted by Crippen LogP contribution is 2.43. The van der Waals surface area contributed by atoms with E-state index < -0.39 is 0 Å². The number of halogens is 1. The maximum Gasteiger partial charge on any atom is 0.242 e. The molecule has 3 fully saturated rings. The van der Waals surface area contributed by atoms with E-state index in [4.69, 9.17) is 0 Å². The second-order valence-corrected chi connectivity index (χ2v) is 8.94. The summed E-state index contributed by atoms with van der Waals surface area (Å²) >= 11 is 0. The molecule has 1 N–H and O–H groups in total. The highest BCUT2D eigenvalue weighted by Gasteiger charge is 2.54. The summed E-state index contributed by atoms with van der Waals surface area (Å²) in [6.45, 7) is 0.531. The predicted molar refractivity (Wildman–Crippen MR) is 117 cm³/mol. The zero-order valence-corrected chi connectivity index (χ0v) is 17.7. The van der Waals surface area contributed by atoms with Crippen LogP contribution >= 0.6 is 0 Å². The average Bonchev–Trinajstić information content (AvgIpc) is 3.59. The number of benzene rings is 2. The Labute approximate surface area is 186 Å². The number of fused-ring (bicyclic) bond motifs is 1.